The highest BCUT2D eigenvalue weighted by Crippen LogP contribution is 2.39. The molecule has 1 fully saturated rings. The Kier molecular flexibility index (Phi) is 5.49. The highest BCUT2D eigenvalue weighted by molar-refractivity contribution is 5.89. The van der Waals surface area contributed by atoms with Crippen molar-refractivity contribution in [1.82, 2.24) is 15.3 Å². The summed E-state index contributed by atoms with van der Waals surface area (Å²) in [5, 5.41) is 13.1. The first-order valence-corrected chi connectivity index (χ1v) is 9.55. The third-order valence-electron chi connectivity index (χ3n) is 5.27. The van der Waals surface area contributed by atoms with Gasteiger partial charge in [0.15, 0.2) is 17.4 Å². The lowest BCUT2D eigenvalue weighted by Gasteiger charge is -2.29. The molecule has 12 heteroatoms. The van der Waals surface area contributed by atoms with E-state index in [-0.39, 0.29) is 22.6 Å². The Morgan fingerprint density at radius 1 is 1.22 bits per heavy atom. The van der Waals surface area contributed by atoms with Crippen LogP contribution >= 0.6 is 0 Å². The Morgan fingerprint density at radius 2 is 1.88 bits per heavy atom. The van der Waals surface area contributed by atoms with Gasteiger partial charge < -0.3 is 20.2 Å². The molecule has 0 saturated heterocycles. The Labute approximate surface area is 177 Å². The molecule has 1 aromatic carbocycles. The van der Waals surface area contributed by atoms with Gasteiger partial charge in [0.25, 0.3) is 0 Å². The zero-order chi connectivity index (χ0) is 23.2. The Hall–Kier alpha value is -3.28. The van der Waals surface area contributed by atoms with E-state index in [0.717, 1.165) is 6.07 Å². The van der Waals surface area contributed by atoms with Crippen molar-refractivity contribution < 1.29 is 36.3 Å². The maximum absolute atomic E-state index is 13.9. The van der Waals surface area contributed by atoms with Crippen molar-refractivity contribution in [1.29, 1.82) is 0 Å². The number of fused-ring (bicyclic) bond motifs is 1. The number of carbonyl (C=O) groups is 1. The summed E-state index contributed by atoms with van der Waals surface area (Å²) < 4.78 is 73.6. The molecule has 3 N–H and O–H groups in total. The van der Waals surface area contributed by atoms with Gasteiger partial charge in [-0.15, -0.1) is 0 Å². The number of alkyl halides is 3. The number of benzene rings is 1. The number of hydrogen-bond donors (Lipinski definition) is 3. The molecule has 0 spiro atoms. The fraction of sp³-hybridized carbons (Fsp3) is 0.350. The van der Waals surface area contributed by atoms with Crippen LogP contribution in [-0.2, 0) is 0 Å². The molecule has 1 aliphatic carbocycles. The molecule has 2 heterocycles. The Bertz CT molecular complexity index is 1160. The number of hydrogen-bond acceptors (Lipinski definition) is 5. The minimum absolute atomic E-state index is 0.0104. The van der Waals surface area contributed by atoms with Gasteiger partial charge in [0.2, 0.25) is 0 Å². The molecule has 1 atom stereocenters. The molecular formula is C20H17F5N4O3. The topological polar surface area (TPSA) is 100 Å². The fourth-order valence-electron chi connectivity index (χ4n) is 3.54. The third kappa shape index (κ3) is 4.22. The lowest BCUT2D eigenvalue weighted by atomic mass is 9.82. The van der Waals surface area contributed by atoms with E-state index in [1.807, 2.05) is 0 Å². The van der Waals surface area contributed by atoms with Gasteiger partial charge >= 0.3 is 12.2 Å². The van der Waals surface area contributed by atoms with Crippen molar-refractivity contribution in [3.63, 3.8) is 0 Å². The Morgan fingerprint density at radius 3 is 2.47 bits per heavy atom. The summed E-state index contributed by atoms with van der Waals surface area (Å²) in [5.41, 5.74) is -0.654. The van der Waals surface area contributed by atoms with Crippen molar-refractivity contribution in [2.24, 2.45) is 0 Å². The maximum atomic E-state index is 13.9. The van der Waals surface area contributed by atoms with Gasteiger partial charge in [-0.2, -0.15) is 13.2 Å². The van der Waals surface area contributed by atoms with Crippen molar-refractivity contribution >= 4 is 22.7 Å². The van der Waals surface area contributed by atoms with E-state index in [4.69, 9.17) is 4.42 Å². The monoisotopic (exact) mass is 456 g/mol. The number of rotatable bonds is 4. The summed E-state index contributed by atoms with van der Waals surface area (Å²) in [6.07, 6.45) is -1.89. The van der Waals surface area contributed by atoms with E-state index in [9.17, 15) is 31.9 Å². The summed E-state index contributed by atoms with van der Waals surface area (Å²) in [4.78, 5) is 20.3. The van der Waals surface area contributed by atoms with E-state index >= 15 is 0 Å². The lowest BCUT2D eigenvalue weighted by Crippen LogP contribution is -2.40. The molecule has 0 bridgehead atoms. The van der Waals surface area contributed by atoms with Crippen LogP contribution in [0.4, 0.5) is 32.4 Å². The van der Waals surface area contributed by atoms with Crippen LogP contribution in [-0.4, -0.2) is 33.4 Å². The summed E-state index contributed by atoms with van der Waals surface area (Å²) in [6, 6.07) is -2.50. The molecular weight excluding hydrogens is 439 g/mol. The predicted octanol–water partition coefficient (Wildman–Crippen LogP) is 4.47. The third-order valence-corrected chi connectivity index (χ3v) is 5.27. The standard InChI is InChI=1S/C20H17F5N4O3/c1-8-13-4-10(21)5-14(22)16(13)32-15(8)17(20(23,24)25)29-19(31)28-11-6-26-18(27-7-11)9-2-12(30)3-9/h4-7,9,12,17,30H,2-3H2,1H3,(H2,28,29,31)/t9?,12?,17-/m0/s1. The molecule has 1 saturated carbocycles. The van der Waals surface area contributed by atoms with Gasteiger partial charge in [-0.05, 0) is 25.8 Å². The van der Waals surface area contributed by atoms with Gasteiger partial charge in [0.1, 0.15) is 17.4 Å². The van der Waals surface area contributed by atoms with Gasteiger partial charge in [-0.25, -0.2) is 23.5 Å². The van der Waals surface area contributed by atoms with E-state index in [2.05, 4.69) is 15.3 Å². The number of aryl methyl sites for hydroxylation is 1. The molecule has 2 amide bonds. The summed E-state index contributed by atoms with van der Waals surface area (Å²) in [7, 11) is 0. The van der Waals surface area contributed by atoms with Crippen molar-refractivity contribution in [2.45, 2.75) is 44.0 Å². The number of anilines is 1. The first-order valence-electron chi connectivity index (χ1n) is 9.55. The highest BCUT2D eigenvalue weighted by Gasteiger charge is 2.45. The van der Waals surface area contributed by atoms with Crippen molar-refractivity contribution in [3.05, 3.63) is 53.3 Å². The number of carbonyl (C=O) groups excluding carboxylic acids is 1. The van der Waals surface area contributed by atoms with Crippen LogP contribution in [0.1, 0.15) is 41.9 Å². The average molecular weight is 456 g/mol. The number of aromatic nitrogens is 2. The number of nitrogens with zero attached hydrogens (tertiary/aromatic N) is 2. The molecule has 1 aliphatic rings. The second-order valence-electron chi connectivity index (χ2n) is 7.58. The van der Waals surface area contributed by atoms with Crippen LogP contribution in [0, 0.1) is 18.6 Å². The molecule has 0 unspecified atom stereocenters. The molecule has 32 heavy (non-hydrogen) atoms. The van der Waals surface area contributed by atoms with Crippen LogP contribution in [0.15, 0.2) is 28.9 Å². The average Bonchev–Trinajstić information content (AvgIpc) is 3.00. The lowest BCUT2D eigenvalue weighted by molar-refractivity contribution is -0.158. The van der Waals surface area contributed by atoms with Crippen LogP contribution in [0.3, 0.4) is 0 Å². The van der Waals surface area contributed by atoms with Gasteiger partial charge in [-0.3, -0.25) is 0 Å². The summed E-state index contributed by atoms with van der Waals surface area (Å²) >= 11 is 0. The number of furan rings is 1. The molecule has 2 aromatic heterocycles. The quantitative estimate of drug-likeness (QED) is 0.503. The number of nitrogens with one attached hydrogen (secondary N) is 2. The number of aliphatic hydroxyl groups is 1. The largest absolute Gasteiger partial charge is 0.455 e. The number of aliphatic hydroxyl groups excluding tert-OH is 1. The van der Waals surface area contributed by atoms with E-state index in [0.29, 0.717) is 24.7 Å². The molecule has 7 nitrogen and oxygen atoms in total. The normalized spacial score (nSPS) is 19.5. The molecule has 170 valence electrons. The number of halogens is 5. The molecule has 0 aliphatic heterocycles. The fourth-order valence-corrected chi connectivity index (χ4v) is 3.54. The number of amides is 2. The Balaban J connectivity index is 1.53. The highest BCUT2D eigenvalue weighted by atomic mass is 19.4. The smallest absolute Gasteiger partial charge is 0.416 e. The van der Waals surface area contributed by atoms with Gasteiger partial charge in [0.05, 0.1) is 24.2 Å². The van der Waals surface area contributed by atoms with E-state index in [1.54, 1.807) is 5.32 Å². The van der Waals surface area contributed by atoms with E-state index < -0.39 is 47.3 Å². The summed E-state index contributed by atoms with van der Waals surface area (Å²) in [6.45, 7) is 1.21. The second-order valence-corrected chi connectivity index (χ2v) is 7.58. The maximum Gasteiger partial charge on any atom is 0.416 e. The van der Waals surface area contributed by atoms with Crippen LogP contribution in [0.25, 0.3) is 11.0 Å². The first kappa shape index (κ1) is 21.9. The minimum atomic E-state index is -4.99. The van der Waals surface area contributed by atoms with Crippen molar-refractivity contribution in [2.75, 3.05) is 5.32 Å². The van der Waals surface area contributed by atoms with Gasteiger partial charge in [0, 0.05) is 22.9 Å². The molecule has 0 radical (unpaired) electrons. The minimum Gasteiger partial charge on any atom is -0.455 e. The van der Waals surface area contributed by atoms with Crippen molar-refractivity contribution in [3.8, 4) is 0 Å². The van der Waals surface area contributed by atoms with Crippen LogP contribution in [0.2, 0.25) is 0 Å². The SMILES string of the molecule is Cc1c([C@H](NC(=O)Nc2cnc(C3CC(O)C3)nc2)C(F)(F)F)oc2c(F)cc(F)cc12. The molecule has 4 rings (SSSR count). The zero-order valence-corrected chi connectivity index (χ0v) is 16.5. The predicted molar refractivity (Wildman–Crippen MR) is 102 cm³/mol. The van der Waals surface area contributed by atoms with Crippen LogP contribution in [0.5, 0.6) is 0 Å². The summed E-state index contributed by atoms with van der Waals surface area (Å²) in [5.74, 6) is -2.44. The number of urea groups is 1. The first-order chi connectivity index (χ1) is 15.0. The second kappa shape index (κ2) is 8.01. The van der Waals surface area contributed by atoms with E-state index in [1.165, 1.54) is 19.3 Å². The zero-order valence-electron chi connectivity index (χ0n) is 16.5. The van der Waals surface area contributed by atoms with Gasteiger partial charge in [-0.1, -0.05) is 0 Å². The van der Waals surface area contributed by atoms with Crippen LogP contribution < -0.4 is 10.6 Å². The molecule has 3 aromatic rings.